The number of ether oxygens (including phenoxy) is 1. The van der Waals surface area contributed by atoms with E-state index in [-0.39, 0.29) is 5.97 Å². The average Bonchev–Trinajstić information content (AvgIpc) is 2.95. The Kier molecular flexibility index (Phi) is 3.98. The van der Waals surface area contributed by atoms with Gasteiger partial charge in [-0.3, -0.25) is 0 Å². The summed E-state index contributed by atoms with van der Waals surface area (Å²) >= 11 is 0. The molecule has 0 unspecified atom stereocenters. The van der Waals surface area contributed by atoms with E-state index in [2.05, 4.69) is 23.6 Å². The first-order chi connectivity index (χ1) is 11.1. The van der Waals surface area contributed by atoms with Crippen LogP contribution < -0.4 is 0 Å². The summed E-state index contributed by atoms with van der Waals surface area (Å²) in [4.78, 5) is 15.9. The molecule has 0 aliphatic rings. The zero-order valence-corrected chi connectivity index (χ0v) is 13.3. The van der Waals surface area contributed by atoms with Crippen LogP contribution in [0.15, 0.2) is 40.8 Å². The summed E-state index contributed by atoms with van der Waals surface area (Å²) in [5, 5.41) is 0. The summed E-state index contributed by atoms with van der Waals surface area (Å²) in [6.07, 6.45) is 3.71. The molecule has 2 aromatic carbocycles. The van der Waals surface area contributed by atoms with E-state index in [0.29, 0.717) is 11.5 Å². The molecule has 0 aliphatic heterocycles. The fourth-order valence-corrected chi connectivity index (χ4v) is 2.28. The Morgan fingerprint density at radius 3 is 2.48 bits per heavy atom. The number of methoxy groups -OCH3 is 1. The second-order valence-corrected chi connectivity index (χ2v) is 5.40. The Balaban J connectivity index is 1.83. The van der Waals surface area contributed by atoms with Gasteiger partial charge in [-0.2, -0.15) is 0 Å². The largest absolute Gasteiger partial charge is 0.465 e. The molecule has 0 amide bonds. The monoisotopic (exact) mass is 307 g/mol. The highest BCUT2D eigenvalue weighted by Crippen LogP contribution is 2.21. The van der Waals surface area contributed by atoms with Crippen molar-refractivity contribution in [2.24, 2.45) is 0 Å². The van der Waals surface area contributed by atoms with E-state index in [1.54, 1.807) is 12.1 Å². The van der Waals surface area contributed by atoms with E-state index < -0.39 is 0 Å². The number of hydrogen-bond acceptors (Lipinski definition) is 4. The highest BCUT2D eigenvalue weighted by molar-refractivity contribution is 5.89. The molecule has 0 N–H and O–H groups in total. The topological polar surface area (TPSA) is 52.3 Å². The number of carbonyl (C=O) groups excluding carboxylic acids is 1. The zero-order chi connectivity index (χ0) is 16.4. The van der Waals surface area contributed by atoms with Crippen molar-refractivity contribution in [3.8, 4) is 0 Å². The van der Waals surface area contributed by atoms with Gasteiger partial charge in [-0.15, -0.1) is 0 Å². The van der Waals surface area contributed by atoms with Gasteiger partial charge in [-0.05, 0) is 60.9 Å². The Labute approximate surface area is 134 Å². The Morgan fingerprint density at radius 1 is 1.09 bits per heavy atom. The number of carbonyl (C=O) groups is 1. The van der Waals surface area contributed by atoms with E-state index in [1.807, 2.05) is 36.4 Å². The van der Waals surface area contributed by atoms with Crippen molar-refractivity contribution in [3.05, 3.63) is 64.5 Å². The van der Waals surface area contributed by atoms with Gasteiger partial charge in [-0.1, -0.05) is 12.1 Å². The lowest BCUT2D eigenvalue weighted by Gasteiger charge is -1.98. The van der Waals surface area contributed by atoms with Gasteiger partial charge in [-0.25, -0.2) is 9.78 Å². The van der Waals surface area contributed by atoms with Crippen molar-refractivity contribution in [2.75, 3.05) is 7.11 Å². The van der Waals surface area contributed by atoms with Crippen molar-refractivity contribution in [1.29, 1.82) is 0 Å². The lowest BCUT2D eigenvalue weighted by Crippen LogP contribution is -2.00. The fourth-order valence-electron chi connectivity index (χ4n) is 2.28. The molecule has 1 heterocycles. The minimum atomic E-state index is -0.342. The molecule has 0 aliphatic carbocycles. The molecule has 0 radical (unpaired) electrons. The first-order valence-electron chi connectivity index (χ1n) is 7.31. The number of esters is 1. The van der Waals surface area contributed by atoms with E-state index >= 15 is 0 Å². The van der Waals surface area contributed by atoms with Crippen molar-refractivity contribution in [1.82, 2.24) is 4.98 Å². The zero-order valence-electron chi connectivity index (χ0n) is 13.3. The molecule has 3 rings (SSSR count). The number of benzene rings is 2. The van der Waals surface area contributed by atoms with E-state index in [0.717, 1.165) is 16.7 Å². The Bertz CT molecular complexity index is 850. The minimum Gasteiger partial charge on any atom is -0.465 e. The number of fused-ring (bicyclic) bond motifs is 1. The summed E-state index contributed by atoms with van der Waals surface area (Å²) in [6.45, 7) is 4.11. The quantitative estimate of drug-likeness (QED) is 0.673. The first kappa shape index (κ1) is 15.0. The molecule has 4 nitrogen and oxygen atoms in total. The van der Waals surface area contributed by atoms with Gasteiger partial charge in [0.25, 0.3) is 0 Å². The van der Waals surface area contributed by atoms with Crippen molar-refractivity contribution < 1.29 is 13.9 Å². The highest BCUT2D eigenvalue weighted by atomic mass is 16.5. The summed E-state index contributed by atoms with van der Waals surface area (Å²) in [7, 11) is 1.37. The third-order valence-electron chi connectivity index (χ3n) is 3.77. The van der Waals surface area contributed by atoms with Gasteiger partial charge in [0.1, 0.15) is 5.52 Å². The maximum atomic E-state index is 11.4. The molecule has 0 bridgehead atoms. The first-order valence-corrected chi connectivity index (χ1v) is 7.31. The van der Waals surface area contributed by atoms with Crippen LogP contribution in [0.4, 0.5) is 0 Å². The van der Waals surface area contributed by atoms with Crippen LogP contribution in [0.1, 0.15) is 32.9 Å². The third-order valence-corrected chi connectivity index (χ3v) is 3.77. The molecule has 23 heavy (non-hydrogen) atoms. The number of rotatable bonds is 3. The molecule has 0 spiro atoms. The van der Waals surface area contributed by atoms with Gasteiger partial charge in [0.2, 0.25) is 5.89 Å². The van der Waals surface area contributed by atoms with Crippen LogP contribution in [0.3, 0.4) is 0 Å². The predicted molar refractivity (Wildman–Crippen MR) is 90.2 cm³/mol. The predicted octanol–water partition coefficient (Wildman–Crippen LogP) is 4.40. The van der Waals surface area contributed by atoms with Gasteiger partial charge in [0.05, 0.1) is 12.7 Å². The van der Waals surface area contributed by atoms with Crippen LogP contribution in [-0.2, 0) is 4.74 Å². The average molecular weight is 307 g/mol. The summed E-state index contributed by atoms with van der Waals surface area (Å²) in [5.41, 5.74) is 5.50. The summed E-state index contributed by atoms with van der Waals surface area (Å²) in [6, 6.07) is 11.2. The number of aromatic nitrogens is 1. The fraction of sp³-hybridized carbons (Fsp3) is 0.158. The minimum absolute atomic E-state index is 0.342. The molecular weight excluding hydrogens is 290 g/mol. The summed E-state index contributed by atoms with van der Waals surface area (Å²) < 4.78 is 10.4. The molecule has 0 atom stereocenters. The Hall–Kier alpha value is -2.88. The smallest absolute Gasteiger partial charge is 0.337 e. The van der Waals surface area contributed by atoms with E-state index in [4.69, 9.17) is 4.42 Å². The van der Waals surface area contributed by atoms with Crippen LogP contribution in [0, 0.1) is 13.8 Å². The molecule has 4 heteroatoms. The third kappa shape index (κ3) is 3.16. The lowest BCUT2D eigenvalue weighted by atomic mass is 10.1. The number of oxazole rings is 1. The SMILES string of the molecule is COC(=O)c1ccc(/C=C\c2nc3cc(C)c(C)cc3o2)cc1. The molecule has 3 aromatic rings. The molecule has 1 aromatic heterocycles. The number of aryl methyl sites for hydroxylation is 2. The van der Waals surface area contributed by atoms with Gasteiger partial charge >= 0.3 is 5.97 Å². The molecule has 0 fully saturated rings. The van der Waals surface area contributed by atoms with Crippen molar-refractivity contribution in [3.63, 3.8) is 0 Å². The van der Waals surface area contributed by atoms with Crippen LogP contribution in [0.5, 0.6) is 0 Å². The number of nitrogens with zero attached hydrogens (tertiary/aromatic N) is 1. The number of hydrogen-bond donors (Lipinski definition) is 0. The van der Waals surface area contributed by atoms with Gasteiger partial charge < -0.3 is 9.15 Å². The maximum Gasteiger partial charge on any atom is 0.337 e. The van der Waals surface area contributed by atoms with Crippen molar-refractivity contribution >= 4 is 29.2 Å². The maximum absolute atomic E-state index is 11.4. The van der Waals surface area contributed by atoms with Crippen LogP contribution in [0.2, 0.25) is 0 Å². The van der Waals surface area contributed by atoms with Crippen LogP contribution in [0.25, 0.3) is 23.3 Å². The Morgan fingerprint density at radius 2 is 1.78 bits per heavy atom. The van der Waals surface area contributed by atoms with Gasteiger partial charge in [0.15, 0.2) is 5.58 Å². The molecule has 0 saturated carbocycles. The van der Waals surface area contributed by atoms with E-state index in [9.17, 15) is 4.79 Å². The second-order valence-electron chi connectivity index (χ2n) is 5.40. The molecule has 0 saturated heterocycles. The van der Waals surface area contributed by atoms with Crippen molar-refractivity contribution in [2.45, 2.75) is 13.8 Å². The van der Waals surface area contributed by atoms with E-state index in [1.165, 1.54) is 18.2 Å². The normalized spacial score (nSPS) is 11.3. The van der Waals surface area contributed by atoms with Crippen LogP contribution in [-0.4, -0.2) is 18.1 Å². The highest BCUT2D eigenvalue weighted by Gasteiger charge is 2.06. The molecule has 116 valence electrons. The molecular formula is C19H17NO3. The lowest BCUT2D eigenvalue weighted by molar-refractivity contribution is 0.0600. The summed E-state index contributed by atoms with van der Waals surface area (Å²) in [5.74, 6) is 0.215. The standard InChI is InChI=1S/C19H17NO3/c1-12-10-16-17(11-13(12)2)23-18(20-16)9-6-14-4-7-15(8-5-14)19(21)22-3/h4-11H,1-3H3/b9-6-. The van der Waals surface area contributed by atoms with Crippen LogP contribution >= 0.6 is 0 Å². The van der Waals surface area contributed by atoms with Gasteiger partial charge in [0, 0.05) is 6.08 Å². The second kappa shape index (κ2) is 6.08.